The fourth-order valence-electron chi connectivity index (χ4n) is 2.14. The van der Waals surface area contributed by atoms with E-state index in [-0.39, 0.29) is 5.82 Å². The van der Waals surface area contributed by atoms with Crippen molar-refractivity contribution < 1.29 is 4.39 Å². The summed E-state index contributed by atoms with van der Waals surface area (Å²) in [6.07, 6.45) is 3.30. The van der Waals surface area contributed by atoms with E-state index < -0.39 is 0 Å². The normalized spacial score (nSPS) is 10.6. The molecular weight excluding hydrogens is 267 g/mol. The summed E-state index contributed by atoms with van der Waals surface area (Å²) < 4.78 is 15.1. The highest BCUT2D eigenvalue weighted by molar-refractivity contribution is 5.51. The smallest absolute Gasteiger partial charge is 0.123 e. The maximum absolute atomic E-state index is 13.3. The van der Waals surface area contributed by atoms with Gasteiger partial charge in [0.1, 0.15) is 18.5 Å². The number of aromatic nitrogens is 3. The first-order valence-electron chi connectivity index (χ1n) is 6.66. The van der Waals surface area contributed by atoms with E-state index in [1.807, 2.05) is 35.8 Å². The molecule has 106 valence electrons. The van der Waals surface area contributed by atoms with Gasteiger partial charge in [0.25, 0.3) is 0 Å². The zero-order chi connectivity index (χ0) is 14.7. The van der Waals surface area contributed by atoms with Gasteiger partial charge in [-0.15, -0.1) is 10.2 Å². The van der Waals surface area contributed by atoms with Gasteiger partial charge in [0, 0.05) is 12.2 Å². The van der Waals surface area contributed by atoms with Gasteiger partial charge in [-0.3, -0.25) is 4.57 Å². The van der Waals surface area contributed by atoms with Gasteiger partial charge in [-0.1, -0.05) is 12.1 Å². The number of rotatable bonds is 4. The molecule has 21 heavy (non-hydrogen) atoms. The molecule has 0 aliphatic heterocycles. The minimum absolute atomic E-state index is 0.212. The zero-order valence-electron chi connectivity index (χ0n) is 11.6. The van der Waals surface area contributed by atoms with E-state index in [4.69, 9.17) is 0 Å². The number of hydrogen-bond donors (Lipinski definition) is 1. The summed E-state index contributed by atoms with van der Waals surface area (Å²) in [6, 6.07) is 12.7. The molecule has 0 unspecified atom stereocenters. The third-order valence-corrected chi connectivity index (χ3v) is 3.36. The van der Waals surface area contributed by atoms with E-state index in [2.05, 4.69) is 15.5 Å². The first-order chi connectivity index (χ1) is 10.2. The maximum Gasteiger partial charge on any atom is 0.123 e. The van der Waals surface area contributed by atoms with Crippen molar-refractivity contribution >= 4 is 5.69 Å². The number of benzene rings is 2. The van der Waals surface area contributed by atoms with Crippen LogP contribution in [0.25, 0.3) is 5.69 Å². The number of aryl methyl sites for hydroxylation is 1. The highest BCUT2D eigenvalue weighted by Crippen LogP contribution is 2.17. The van der Waals surface area contributed by atoms with Gasteiger partial charge < -0.3 is 5.32 Å². The molecule has 0 saturated carbocycles. The number of nitrogens with zero attached hydrogens (tertiary/aromatic N) is 3. The van der Waals surface area contributed by atoms with Crippen molar-refractivity contribution in [3.63, 3.8) is 0 Å². The Morgan fingerprint density at radius 3 is 2.71 bits per heavy atom. The van der Waals surface area contributed by atoms with Crippen molar-refractivity contribution in [1.29, 1.82) is 0 Å². The van der Waals surface area contributed by atoms with E-state index in [0.29, 0.717) is 6.54 Å². The van der Waals surface area contributed by atoms with Crippen molar-refractivity contribution in [2.75, 3.05) is 5.32 Å². The molecule has 1 aromatic heterocycles. The van der Waals surface area contributed by atoms with Crippen molar-refractivity contribution in [2.24, 2.45) is 0 Å². The van der Waals surface area contributed by atoms with Crippen molar-refractivity contribution in [1.82, 2.24) is 14.8 Å². The van der Waals surface area contributed by atoms with Gasteiger partial charge in [0.15, 0.2) is 0 Å². The van der Waals surface area contributed by atoms with Crippen LogP contribution < -0.4 is 5.32 Å². The summed E-state index contributed by atoms with van der Waals surface area (Å²) in [5.41, 5.74) is 3.95. The molecule has 0 aliphatic carbocycles. The molecule has 0 fully saturated rings. The lowest BCUT2D eigenvalue weighted by Gasteiger charge is -2.10. The molecule has 0 spiro atoms. The van der Waals surface area contributed by atoms with Crippen LogP contribution in [0.4, 0.5) is 10.1 Å². The standard InChI is InChI=1S/C16H15FN4/c1-12-5-6-14(17)7-13(12)9-18-15-3-2-4-16(8-15)21-10-19-20-11-21/h2-8,10-11,18H,9H2,1H3. The molecule has 1 heterocycles. The second-order valence-electron chi connectivity index (χ2n) is 4.84. The number of nitrogens with one attached hydrogen (secondary N) is 1. The van der Waals surface area contributed by atoms with E-state index in [1.54, 1.807) is 24.8 Å². The summed E-state index contributed by atoms with van der Waals surface area (Å²) in [7, 11) is 0. The van der Waals surface area contributed by atoms with Gasteiger partial charge in [0.2, 0.25) is 0 Å². The summed E-state index contributed by atoms with van der Waals surface area (Å²) >= 11 is 0. The molecule has 3 aromatic rings. The van der Waals surface area contributed by atoms with Gasteiger partial charge >= 0.3 is 0 Å². The summed E-state index contributed by atoms with van der Waals surface area (Å²) in [5.74, 6) is -0.212. The van der Waals surface area contributed by atoms with Crippen molar-refractivity contribution in [3.05, 3.63) is 72.1 Å². The Kier molecular flexibility index (Phi) is 3.64. The fraction of sp³-hybridized carbons (Fsp3) is 0.125. The SMILES string of the molecule is Cc1ccc(F)cc1CNc1cccc(-n2cnnc2)c1. The first-order valence-corrected chi connectivity index (χ1v) is 6.66. The molecule has 0 amide bonds. The van der Waals surface area contributed by atoms with Crippen LogP contribution in [-0.2, 0) is 6.54 Å². The van der Waals surface area contributed by atoms with Crippen LogP contribution in [0.5, 0.6) is 0 Å². The van der Waals surface area contributed by atoms with E-state index in [0.717, 1.165) is 22.5 Å². The topological polar surface area (TPSA) is 42.7 Å². The van der Waals surface area contributed by atoms with E-state index in [1.165, 1.54) is 6.07 Å². The highest BCUT2D eigenvalue weighted by atomic mass is 19.1. The average Bonchev–Trinajstić information content (AvgIpc) is 3.03. The van der Waals surface area contributed by atoms with Crippen LogP contribution in [0.15, 0.2) is 55.1 Å². The third-order valence-electron chi connectivity index (χ3n) is 3.36. The Morgan fingerprint density at radius 1 is 1.10 bits per heavy atom. The molecule has 3 rings (SSSR count). The molecule has 0 atom stereocenters. The van der Waals surface area contributed by atoms with Crippen LogP contribution >= 0.6 is 0 Å². The largest absolute Gasteiger partial charge is 0.381 e. The molecule has 1 N–H and O–H groups in total. The van der Waals surface area contributed by atoms with E-state index in [9.17, 15) is 4.39 Å². The molecule has 4 nitrogen and oxygen atoms in total. The lowest BCUT2D eigenvalue weighted by Crippen LogP contribution is -2.02. The Balaban J connectivity index is 1.76. The average molecular weight is 282 g/mol. The quantitative estimate of drug-likeness (QED) is 0.798. The lowest BCUT2D eigenvalue weighted by atomic mass is 10.1. The highest BCUT2D eigenvalue weighted by Gasteiger charge is 2.02. The molecule has 5 heteroatoms. The van der Waals surface area contributed by atoms with Crippen LogP contribution in [0, 0.1) is 12.7 Å². The Labute approximate surface area is 122 Å². The summed E-state index contributed by atoms with van der Waals surface area (Å²) in [5, 5.41) is 10.9. The van der Waals surface area contributed by atoms with Crippen LogP contribution in [-0.4, -0.2) is 14.8 Å². The number of halogens is 1. The van der Waals surface area contributed by atoms with Crippen LogP contribution in [0.2, 0.25) is 0 Å². The van der Waals surface area contributed by atoms with Gasteiger partial charge in [-0.2, -0.15) is 0 Å². The minimum Gasteiger partial charge on any atom is -0.381 e. The van der Waals surface area contributed by atoms with Crippen molar-refractivity contribution in [3.8, 4) is 5.69 Å². The molecule has 0 bridgehead atoms. The second-order valence-corrected chi connectivity index (χ2v) is 4.84. The molecule has 0 aliphatic rings. The summed E-state index contributed by atoms with van der Waals surface area (Å²) in [4.78, 5) is 0. The zero-order valence-corrected chi connectivity index (χ0v) is 11.6. The molecule has 0 saturated heterocycles. The maximum atomic E-state index is 13.3. The predicted molar refractivity (Wildman–Crippen MR) is 79.8 cm³/mol. The Morgan fingerprint density at radius 2 is 1.90 bits per heavy atom. The summed E-state index contributed by atoms with van der Waals surface area (Å²) in [6.45, 7) is 2.55. The van der Waals surface area contributed by atoms with Crippen LogP contribution in [0.3, 0.4) is 0 Å². The predicted octanol–water partition coefficient (Wildman–Crippen LogP) is 3.33. The Hall–Kier alpha value is -2.69. The molecule has 2 aromatic carbocycles. The third kappa shape index (κ3) is 3.08. The number of anilines is 1. The molecule has 0 radical (unpaired) electrons. The minimum atomic E-state index is -0.212. The van der Waals surface area contributed by atoms with Crippen molar-refractivity contribution in [2.45, 2.75) is 13.5 Å². The number of hydrogen-bond acceptors (Lipinski definition) is 3. The monoisotopic (exact) mass is 282 g/mol. The van der Waals surface area contributed by atoms with Gasteiger partial charge in [-0.25, -0.2) is 4.39 Å². The first kappa shape index (κ1) is 13.3. The van der Waals surface area contributed by atoms with Gasteiger partial charge in [-0.05, 0) is 48.4 Å². The second kappa shape index (κ2) is 5.75. The van der Waals surface area contributed by atoms with E-state index >= 15 is 0 Å². The van der Waals surface area contributed by atoms with Gasteiger partial charge in [0.05, 0.1) is 5.69 Å². The fourth-order valence-corrected chi connectivity index (χ4v) is 2.14. The Bertz CT molecular complexity index is 738. The molecular formula is C16H15FN4. The van der Waals surface area contributed by atoms with Crippen LogP contribution in [0.1, 0.15) is 11.1 Å². The lowest BCUT2D eigenvalue weighted by molar-refractivity contribution is 0.625.